The normalized spacial score (nSPS) is 16.3. The first-order valence-electron chi connectivity index (χ1n) is 11.0. The van der Waals surface area contributed by atoms with Crippen molar-refractivity contribution in [2.24, 2.45) is 0 Å². The van der Waals surface area contributed by atoms with Crippen LogP contribution in [0.5, 0.6) is 0 Å². The fourth-order valence-electron chi connectivity index (χ4n) is 4.37. The van der Waals surface area contributed by atoms with E-state index in [1.165, 1.54) is 12.1 Å². The third kappa shape index (κ3) is 4.60. The SMILES string of the molecule is CCOC(=O)c1ccc2c(c1)C(C)(C)CC(c1ccccc1NC(=O)c1ccccc1F)N2. The molecular formula is C27H27FN2O3. The molecule has 2 N–H and O–H groups in total. The van der Waals surface area contributed by atoms with Gasteiger partial charge in [0.2, 0.25) is 0 Å². The number of ether oxygens (including phenoxy) is 1. The molecule has 0 radical (unpaired) electrons. The number of fused-ring (bicyclic) bond motifs is 1. The number of carbonyl (C=O) groups is 2. The first kappa shape index (κ1) is 22.5. The Labute approximate surface area is 193 Å². The van der Waals surface area contributed by atoms with Crippen LogP contribution in [-0.2, 0) is 10.2 Å². The number of nitrogens with one attached hydrogen (secondary N) is 2. The molecule has 1 aliphatic rings. The zero-order valence-electron chi connectivity index (χ0n) is 18.9. The molecule has 0 saturated carbocycles. The van der Waals surface area contributed by atoms with E-state index in [1.54, 1.807) is 25.1 Å². The van der Waals surface area contributed by atoms with Crippen LogP contribution in [0, 0.1) is 5.82 Å². The fourth-order valence-corrected chi connectivity index (χ4v) is 4.37. The van der Waals surface area contributed by atoms with Gasteiger partial charge in [0.05, 0.1) is 23.8 Å². The molecule has 1 amide bonds. The van der Waals surface area contributed by atoms with Gasteiger partial charge >= 0.3 is 5.97 Å². The Morgan fingerprint density at radius 3 is 2.58 bits per heavy atom. The second kappa shape index (κ2) is 9.06. The zero-order valence-corrected chi connectivity index (χ0v) is 18.9. The van der Waals surface area contributed by atoms with Gasteiger partial charge in [-0.05, 0) is 66.3 Å². The van der Waals surface area contributed by atoms with Crippen LogP contribution in [0.1, 0.15) is 65.1 Å². The van der Waals surface area contributed by atoms with E-state index < -0.39 is 11.7 Å². The van der Waals surface area contributed by atoms with Gasteiger partial charge in [0.25, 0.3) is 5.91 Å². The van der Waals surface area contributed by atoms with Gasteiger partial charge in [-0.1, -0.05) is 44.2 Å². The molecule has 3 aromatic carbocycles. The third-order valence-electron chi connectivity index (χ3n) is 6.01. The molecular weight excluding hydrogens is 419 g/mol. The van der Waals surface area contributed by atoms with Crippen LogP contribution in [0.25, 0.3) is 0 Å². The molecule has 0 spiro atoms. The van der Waals surface area contributed by atoms with Crippen molar-refractivity contribution in [3.05, 3.63) is 94.8 Å². The molecule has 33 heavy (non-hydrogen) atoms. The lowest BCUT2D eigenvalue weighted by Gasteiger charge is -2.39. The largest absolute Gasteiger partial charge is 0.462 e. The smallest absolute Gasteiger partial charge is 0.338 e. The number of hydrogen-bond donors (Lipinski definition) is 2. The molecule has 4 rings (SSSR count). The van der Waals surface area contributed by atoms with Crippen LogP contribution in [-0.4, -0.2) is 18.5 Å². The van der Waals surface area contributed by atoms with E-state index >= 15 is 0 Å². The maximum Gasteiger partial charge on any atom is 0.338 e. The average molecular weight is 447 g/mol. The van der Waals surface area contributed by atoms with E-state index in [0.29, 0.717) is 17.9 Å². The van der Waals surface area contributed by atoms with E-state index in [-0.39, 0.29) is 23.0 Å². The van der Waals surface area contributed by atoms with E-state index in [9.17, 15) is 14.0 Å². The number of esters is 1. The van der Waals surface area contributed by atoms with Gasteiger partial charge in [-0.15, -0.1) is 0 Å². The minimum absolute atomic E-state index is 0.000997. The Morgan fingerprint density at radius 1 is 1.09 bits per heavy atom. The Hall–Kier alpha value is -3.67. The molecule has 1 heterocycles. The van der Waals surface area contributed by atoms with Crippen molar-refractivity contribution in [1.82, 2.24) is 0 Å². The third-order valence-corrected chi connectivity index (χ3v) is 6.01. The highest BCUT2D eigenvalue weighted by Gasteiger charge is 2.35. The number of carbonyl (C=O) groups excluding carboxylic acids is 2. The monoisotopic (exact) mass is 446 g/mol. The Morgan fingerprint density at radius 2 is 1.82 bits per heavy atom. The highest BCUT2D eigenvalue weighted by molar-refractivity contribution is 6.05. The molecule has 1 aliphatic heterocycles. The molecule has 3 aromatic rings. The molecule has 0 bridgehead atoms. The van der Waals surface area contributed by atoms with Crippen molar-refractivity contribution < 1.29 is 18.7 Å². The fraction of sp³-hybridized carbons (Fsp3) is 0.259. The predicted molar refractivity (Wildman–Crippen MR) is 127 cm³/mol. The Bertz CT molecular complexity index is 1210. The summed E-state index contributed by atoms with van der Waals surface area (Å²) in [5, 5.41) is 6.43. The molecule has 170 valence electrons. The van der Waals surface area contributed by atoms with Gasteiger partial charge in [0, 0.05) is 11.4 Å². The van der Waals surface area contributed by atoms with E-state index in [0.717, 1.165) is 23.2 Å². The van der Waals surface area contributed by atoms with Gasteiger partial charge < -0.3 is 15.4 Å². The molecule has 1 unspecified atom stereocenters. The minimum Gasteiger partial charge on any atom is -0.462 e. The van der Waals surface area contributed by atoms with E-state index in [4.69, 9.17) is 4.74 Å². The number of anilines is 2. The van der Waals surface area contributed by atoms with Crippen molar-refractivity contribution >= 4 is 23.3 Å². The number of benzene rings is 3. The maximum atomic E-state index is 14.1. The van der Waals surface area contributed by atoms with Crippen molar-refractivity contribution in [3.8, 4) is 0 Å². The Balaban J connectivity index is 1.63. The van der Waals surface area contributed by atoms with Crippen LogP contribution in [0.4, 0.5) is 15.8 Å². The van der Waals surface area contributed by atoms with Crippen LogP contribution >= 0.6 is 0 Å². The van der Waals surface area contributed by atoms with Crippen LogP contribution < -0.4 is 10.6 Å². The molecule has 6 heteroatoms. The molecule has 5 nitrogen and oxygen atoms in total. The first-order valence-corrected chi connectivity index (χ1v) is 11.0. The summed E-state index contributed by atoms with van der Waals surface area (Å²) in [7, 11) is 0. The van der Waals surface area contributed by atoms with Crippen molar-refractivity contribution in [2.45, 2.75) is 38.6 Å². The molecule has 1 atom stereocenters. The standard InChI is InChI=1S/C27H27FN2O3/c1-4-33-26(32)17-13-14-23-20(15-17)27(2,3)16-24(29-23)19-10-6-8-12-22(19)30-25(31)18-9-5-7-11-21(18)28/h5-15,24,29H,4,16H2,1-3H3,(H,30,31). The topological polar surface area (TPSA) is 67.4 Å². The van der Waals surface area contributed by atoms with Crippen LogP contribution in [0.2, 0.25) is 0 Å². The van der Waals surface area contributed by atoms with E-state index in [1.807, 2.05) is 36.4 Å². The second-order valence-corrected chi connectivity index (χ2v) is 8.79. The zero-order chi connectivity index (χ0) is 23.6. The Kier molecular flexibility index (Phi) is 6.18. The summed E-state index contributed by atoms with van der Waals surface area (Å²) in [5.74, 6) is -1.38. The van der Waals surface area contributed by atoms with Crippen LogP contribution in [0.3, 0.4) is 0 Å². The van der Waals surface area contributed by atoms with Crippen molar-refractivity contribution in [3.63, 3.8) is 0 Å². The lowest BCUT2D eigenvalue weighted by atomic mass is 9.73. The van der Waals surface area contributed by atoms with Crippen molar-refractivity contribution in [2.75, 3.05) is 17.2 Å². The van der Waals surface area contributed by atoms with E-state index in [2.05, 4.69) is 24.5 Å². The molecule has 0 aliphatic carbocycles. The molecule has 0 saturated heterocycles. The predicted octanol–water partition coefficient (Wildman–Crippen LogP) is 6.09. The summed E-state index contributed by atoms with van der Waals surface area (Å²) in [4.78, 5) is 24.9. The summed E-state index contributed by atoms with van der Waals surface area (Å²) < 4.78 is 19.2. The summed E-state index contributed by atoms with van der Waals surface area (Å²) in [6.45, 7) is 6.38. The van der Waals surface area contributed by atoms with Gasteiger partial charge in [-0.2, -0.15) is 0 Å². The summed E-state index contributed by atoms with van der Waals surface area (Å²) in [6.07, 6.45) is 0.735. The summed E-state index contributed by atoms with van der Waals surface area (Å²) in [6, 6.07) is 18.9. The number of hydrogen-bond acceptors (Lipinski definition) is 4. The van der Waals surface area contributed by atoms with Gasteiger partial charge in [-0.25, -0.2) is 9.18 Å². The van der Waals surface area contributed by atoms with Crippen LogP contribution in [0.15, 0.2) is 66.7 Å². The quantitative estimate of drug-likeness (QED) is 0.466. The number of amides is 1. The lowest BCUT2D eigenvalue weighted by molar-refractivity contribution is 0.0526. The second-order valence-electron chi connectivity index (χ2n) is 8.79. The summed E-state index contributed by atoms with van der Waals surface area (Å²) in [5.41, 5.74) is 3.80. The van der Waals surface area contributed by atoms with Gasteiger partial charge in [0.1, 0.15) is 5.82 Å². The maximum absolute atomic E-state index is 14.1. The number of halogens is 1. The molecule has 0 fully saturated rings. The summed E-state index contributed by atoms with van der Waals surface area (Å²) >= 11 is 0. The number of para-hydroxylation sites is 1. The minimum atomic E-state index is -0.560. The highest BCUT2D eigenvalue weighted by Crippen LogP contribution is 2.45. The van der Waals surface area contributed by atoms with Gasteiger partial charge in [0.15, 0.2) is 0 Å². The number of rotatable bonds is 5. The lowest BCUT2D eigenvalue weighted by Crippen LogP contribution is -2.32. The van der Waals surface area contributed by atoms with Crippen molar-refractivity contribution in [1.29, 1.82) is 0 Å². The average Bonchev–Trinajstić information content (AvgIpc) is 2.79. The van der Waals surface area contributed by atoms with Gasteiger partial charge in [-0.3, -0.25) is 4.79 Å². The first-order chi connectivity index (χ1) is 15.8. The molecule has 0 aromatic heterocycles. The highest BCUT2D eigenvalue weighted by atomic mass is 19.1.